The molecule has 11 heteroatoms. The van der Waals surface area contributed by atoms with Crippen LogP contribution >= 0.6 is 0 Å². The smallest absolute Gasteiger partial charge is 0.397 e. The first-order valence-corrected chi connectivity index (χ1v) is 12.2. The molecule has 0 spiro atoms. The number of nitrogens with zero attached hydrogens (tertiary/aromatic N) is 4. The number of carbonyl (C=O) groups is 1. The van der Waals surface area contributed by atoms with Crippen molar-refractivity contribution in [3.05, 3.63) is 83.6 Å². The number of rotatable bonds is 9. The summed E-state index contributed by atoms with van der Waals surface area (Å²) in [6, 6.07) is 9.55. The maximum Gasteiger partial charge on any atom is 0.397 e. The number of hydrogen-bond donors (Lipinski definition) is 0. The Labute approximate surface area is 222 Å². The van der Waals surface area contributed by atoms with E-state index < -0.39 is 17.2 Å². The van der Waals surface area contributed by atoms with Gasteiger partial charge in [0.1, 0.15) is 5.60 Å². The maximum atomic E-state index is 13.1. The highest BCUT2D eigenvalue weighted by Crippen LogP contribution is 2.49. The van der Waals surface area contributed by atoms with Crippen molar-refractivity contribution in [3.63, 3.8) is 0 Å². The van der Waals surface area contributed by atoms with Gasteiger partial charge in [-0.1, -0.05) is 41.6 Å². The van der Waals surface area contributed by atoms with Crippen LogP contribution in [0.3, 0.4) is 0 Å². The van der Waals surface area contributed by atoms with E-state index in [0.717, 1.165) is 55.7 Å². The number of alkyl halides is 3. The first-order valence-electron chi connectivity index (χ1n) is 12.2. The number of aromatic nitrogens is 4. The Kier molecular flexibility index (Phi) is 7.63. The average Bonchev–Trinajstić information content (AvgIpc) is 3.29. The van der Waals surface area contributed by atoms with Crippen molar-refractivity contribution in [2.45, 2.75) is 58.9 Å². The van der Waals surface area contributed by atoms with E-state index >= 15 is 0 Å². The monoisotopic (exact) mass is 544 g/mol. The molecule has 1 aliphatic rings. The van der Waals surface area contributed by atoms with Gasteiger partial charge < -0.3 is 9.26 Å². The van der Waals surface area contributed by atoms with Crippen molar-refractivity contribution in [1.29, 1.82) is 0 Å². The zero-order valence-electron chi connectivity index (χ0n) is 21.9. The fraction of sp³-hybridized carbons (Fsp3) is 0.357. The summed E-state index contributed by atoms with van der Waals surface area (Å²) in [5, 5.41) is 8.40. The second-order valence-corrected chi connectivity index (χ2v) is 10.0. The highest BCUT2D eigenvalue weighted by Gasteiger charge is 2.48. The predicted octanol–water partition coefficient (Wildman–Crippen LogP) is 6.85. The topological polar surface area (TPSA) is 83.0 Å². The van der Waals surface area contributed by atoms with E-state index in [9.17, 15) is 22.4 Å². The van der Waals surface area contributed by atoms with E-state index in [1.54, 1.807) is 10.7 Å². The lowest BCUT2D eigenvalue weighted by Crippen LogP contribution is -2.29. The van der Waals surface area contributed by atoms with E-state index in [4.69, 9.17) is 9.26 Å². The Hall–Kier alpha value is -4.02. The summed E-state index contributed by atoms with van der Waals surface area (Å²) >= 11 is 0. The van der Waals surface area contributed by atoms with E-state index in [1.165, 1.54) is 19.1 Å². The summed E-state index contributed by atoms with van der Waals surface area (Å²) in [6.07, 6.45) is 1.82. The lowest BCUT2D eigenvalue weighted by Gasteiger charge is -2.23. The van der Waals surface area contributed by atoms with Gasteiger partial charge in [-0.25, -0.2) is 4.39 Å². The number of carbonyl (C=O) groups excluding carboxylic acids is 1. The molecule has 2 heterocycles. The molecule has 2 aromatic heterocycles. The Morgan fingerprint density at radius 3 is 2.62 bits per heavy atom. The molecule has 1 aromatic carbocycles. The zero-order chi connectivity index (χ0) is 28.4. The van der Waals surface area contributed by atoms with Crippen LogP contribution in [0.1, 0.15) is 56.3 Å². The number of ether oxygens (including phenoxy) is 1. The SMILES string of the molecule is CC(=O)OC1(c2cccc(Cn3nc(-c4nc(C(C=CF)=CC=CC(C)(C)C(F)(F)F)no4)cc3C)c2)CC1. The molecular formula is C28H28F4N4O3. The third-order valence-corrected chi connectivity index (χ3v) is 6.48. The van der Waals surface area contributed by atoms with Crippen LogP contribution in [0.2, 0.25) is 0 Å². The van der Waals surface area contributed by atoms with Crippen molar-refractivity contribution in [3.8, 4) is 11.6 Å². The number of esters is 1. The molecule has 4 rings (SSSR count). The highest BCUT2D eigenvalue weighted by atomic mass is 19.4. The normalized spacial score (nSPS) is 15.8. The van der Waals surface area contributed by atoms with Gasteiger partial charge in [0.05, 0.1) is 18.3 Å². The number of benzene rings is 1. The molecule has 0 amide bonds. The largest absolute Gasteiger partial charge is 0.454 e. The molecule has 0 radical (unpaired) electrons. The predicted molar refractivity (Wildman–Crippen MR) is 136 cm³/mol. The van der Waals surface area contributed by atoms with Gasteiger partial charge in [0.25, 0.3) is 5.89 Å². The third kappa shape index (κ3) is 6.35. The number of allylic oxidation sites excluding steroid dienone is 5. The van der Waals surface area contributed by atoms with E-state index in [-0.39, 0.29) is 29.6 Å². The third-order valence-electron chi connectivity index (χ3n) is 6.48. The molecule has 206 valence electrons. The second kappa shape index (κ2) is 10.6. The summed E-state index contributed by atoms with van der Waals surface area (Å²) in [6.45, 7) is 5.77. The quantitative estimate of drug-likeness (QED) is 0.166. The molecule has 1 fully saturated rings. The van der Waals surface area contributed by atoms with Gasteiger partial charge in [-0.2, -0.15) is 23.3 Å². The Bertz CT molecular complexity index is 1440. The molecule has 0 saturated heterocycles. The molecule has 1 aliphatic carbocycles. The summed E-state index contributed by atoms with van der Waals surface area (Å²) < 4.78 is 64.9. The lowest BCUT2D eigenvalue weighted by molar-refractivity contribution is -0.193. The van der Waals surface area contributed by atoms with Gasteiger partial charge in [0.2, 0.25) is 5.82 Å². The van der Waals surface area contributed by atoms with Crippen LogP contribution in [-0.2, 0) is 21.7 Å². The van der Waals surface area contributed by atoms with Crippen molar-refractivity contribution in [2.24, 2.45) is 5.41 Å². The molecule has 0 N–H and O–H groups in total. The summed E-state index contributed by atoms with van der Waals surface area (Å²) in [7, 11) is 0. The molecule has 7 nitrogen and oxygen atoms in total. The maximum absolute atomic E-state index is 13.1. The van der Waals surface area contributed by atoms with Gasteiger partial charge in [0.15, 0.2) is 5.69 Å². The van der Waals surface area contributed by atoms with Gasteiger partial charge in [-0.05, 0) is 62.9 Å². The minimum atomic E-state index is -4.44. The molecule has 3 aromatic rings. The van der Waals surface area contributed by atoms with Crippen LogP contribution in [0, 0.1) is 12.3 Å². The zero-order valence-corrected chi connectivity index (χ0v) is 21.9. The van der Waals surface area contributed by atoms with E-state index in [1.807, 2.05) is 31.2 Å². The summed E-state index contributed by atoms with van der Waals surface area (Å²) in [5.74, 6) is -0.246. The minimum absolute atomic E-state index is 0.00604. The molecule has 0 unspecified atom stereocenters. The van der Waals surface area contributed by atoms with Crippen LogP contribution < -0.4 is 0 Å². The highest BCUT2D eigenvalue weighted by molar-refractivity contribution is 5.71. The standard InChI is InChI=1S/C28H28F4N4O3/c1-18-15-23(34-36(18)17-20-7-5-9-22(16-20)27(12-13-27)38-19(2)37)25-33-24(35-39-25)21(10-14-29)8-6-11-26(3,4)28(30,31)32/h5-11,14-16H,12-13,17H2,1-4H3. The molecule has 0 atom stereocenters. The first-order chi connectivity index (χ1) is 18.3. The Balaban J connectivity index is 1.53. The first kappa shape index (κ1) is 28.0. The van der Waals surface area contributed by atoms with Gasteiger partial charge in [0, 0.05) is 18.2 Å². The average molecular weight is 545 g/mol. The second-order valence-electron chi connectivity index (χ2n) is 10.0. The van der Waals surface area contributed by atoms with Crippen molar-refractivity contribution < 1.29 is 31.6 Å². The fourth-order valence-electron chi connectivity index (χ4n) is 3.94. The minimum Gasteiger partial charge on any atom is -0.454 e. The molecule has 1 saturated carbocycles. The molecular weight excluding hydrogens is 516 g/mol. The summed E-state index contributed by atoms with van der Waals surface area (Å²) in [4.78, 5) is 15.8. The number of aryl methyl sites for hydroxylation is 1. The van der Waals surface area contributed by atoms with Crippen LogP contribution in [-0.4, -0.2) is 32.1 Å². The van der Waals surface area contributed by atoms with Crippen LogP contribution in [0.25, 0.3) is 17.2 Å². The van der Waals surface area contributed by atoms with Crippen LogP contribution in [0.15, 0.2) is 65.5 Å². The van der Waals surface area contributed by atoms with Crippen molar-refractivity contribution >= 4 is 11.5 Å². The number of hydrogen-bond acceptors (Lipinski definition) is 6. The van der Waals surface area contributed by atoms with Crippen molar-refractivity contribution in [1.82, 2.24) is 19.9 Å². The molecule has 39 heavy (non-hydrogen) atoms. The van der Waals surface area contributed by atoms with Gasteiger partial charge in [-0.3, -0.25) is 9.48 Å². The van der Waals surface area contributed by atoms with Crippen LogP contribution in [0.4, 0.5) is 17.6 Å². The van der Waals surface area contributed by atoms with Gasteiger partial charge in [-0.15, -0.1) is 0 Å². The molecule has 0 aliphatic heterocycles. The van der Waals surface area contributed by atoms with Crippen molar-refractivity contribution in [2.75, 3.05) is 0 Å². The number of halogens is 4. The van der Waals surface area contributed by atoms with Crippen LogP contribution in [0.5, 0.6) is 0 Å². The van der Waals surface area contributed by atoms with Gasteiger partial charge >= 0.3 is 12.1 Å². The Morgan fingerprint density at radius 1 is 1.23 bits per heavy atom. The fourth-order valence-corrected chi connectivity index (χ4v) is 3.94. The van der Waals surface area contributed by atoms with E-state index in [2.05, 4.69) is 15.2 Å². The summed E-state index contributed by atoms with van der Waals surface area (Å²) in [5.41, 5.74) is 0.600. The van der Waals surface area contributed by atoms with E-state index in [0.29, 0.717) is 12.2 Å². The lowest BCUT2D eigenvalue weighted by atomic mass is 9.92. The molecule has 0 bridgehead atoms. The Morgan fingerprint density at radius 2 is 1.97 bits per heavy atom.